The number of thiophene rings is 1. The summed E-state index contributed by atoms with van der Waals surface area (Å²) >= 11 is 3.41. The van der Waals surface area contributed by atoms with E-state index in [4.69, 9.17) is 10.2 Å². The molecule has 0 fully saturated rings. The molecule has 16 heavy (non-hydrogen) atoms. The monoisotopic (exact) mass is 258 g/mol. The third-order valence-electron chi connectivity index (χ3n) is 1.78. The molecular formula is C11H14O3S2. The highest BCUT2D eigenvalue weighted by Crippen LogP contribution is 2.21. The first-order valence-electron chi connectivity index (χ1n) is 4.89. The lowest BCUT2D eigenvalue weighted by Crippen LogP contribution is -1.86. The molecule has 0 aliphatic rings. The normalized spacial score (nSPS) is 11.1. The van der Waals surface area contributed by atoms with Gasteiger partial charge in [-0.25, -0.2) is 4.79 Å². The maximum Gasteiger partial charge on any atom is 0.328 e. The lowest BCUT2D eigenvalue weighted by molar-refractivity contribution is -0.131. The second-order valence-corrected chi connectivity index (χ2v) is 5.25. The van der Waals surface area contributed by atoms with Crippen LogP contribution in [0.1, 0.15) is 16.9 Å². The van der Waals surface area contributed by atoms with Gasteiger partial charge >= 0.3 is 5.97 Å². The summed E-state index contributed by atoms with van der Waals surface area (Å²) in [5.74, 6) is 0.949. The summed E-state index contributed by atoms with van der Waals surface area (Å²) in [6.07, 6.45) is 3.56. The number of aliphatic carboxylic acids is 1. The van der Waals surface area contributed by atoms with Crippen LogP contribution >= 0.6 is 23.1 Å². The molecule has 0 aliphatic carbocycles. The average molecular weight is 258 g/mol. The van der Waals surface area contributed by atoms with Crippen molar-refractivity contribution in [2.24, 2.45) is 0 Å². The molecule has 5 heteroatoms. The zero-order chi connectivity index (χ0) is 11.8. The molecule has 88 valence electrons. The van der Waals surface area contributed by atoms with Crippen LogP contribution in [0.25, 0.3) is 6.08 Å². The van der Waals surface area contributed by atoms with Crippen LogP contribution in [0.15, 0.2) is 17.5 Å². The highest BCUT2D eigenvalue weighted by atomic mass is 32.2. The number of carboxylic acids is 1. The maximum atomic E-state index is 10.3. The van der Waals surface area contributed by atoms with Gasteiger partial charge in [-0.1, -0.05) is 0 Å². The molecule has 1 aromatic heterocycles. The van der Waals surface area contributed by atoms with E-state index in [-0.39, 0.29) is 6.61 Å². The van der Waals surface area contributed by atoms with Crippen LogP contribution in [-0.2, 0) is 10.5 Å². The number of aliphatic hydroxyl groups excluding tert-OH is 1. The summed E-state index contributed by atoms with van der Waals surface area (Å²) in [6, 6.07) is 2.00. The SMILES string of the molecule is O=C(O)C=Cc1csc(CSCCCO)c1. The zero-order valence-corrected chi connectivity index (χ0v) is 10.4. The predicted octanol–water partition coefficient (Wildman–Crippen LogP) is 2.46. The number of carbonyl (C=O) groups is 1. The molecule has 0 spiro atoms. The van der Waals surface area contributed by atoms with Gasteiger partial charge in [0.1, 0.15) is 0 Å². The van der Waals surface area contributed by atoms with E-state index in [1.165, 1.54) is 4.88 Å². The van der Waals surface area contributed by atoms with Gasteiger partial charge in [-0.15, -0.1) is 11.3 Å². The first-order chi connectivity index (χ1) is 7.72. The van der Waals surface area contributed by atoms with Crippen molar-refractivity contribution >= 4 is 35.1 Å². The molecule has 0 amide bonds. The lowest BCUT2D eigenvalue weighted by Gasteiger charge is -1.96. The molecule has 0 bridgehead atoms. The molecule has 0 saturated heterocycles. The fraction of sp³-hybridized carbons (Fsp3) is 0.364. The Kier molecular flexibility index (Phi) is 6.22. The smallest absolute Gasteiger partial charge is 0.328 e. The standard InChI is InChI=1S/C11H14O3S2/c12-4-1-5-15-8-10-6-9(7-16-10)2-3-11(13)14/h2-3,6-7,12H,1,4-5,8H2,(H,13,14). The Balaban J connectivity index is 2.36. The molecule has 0 unspecified atom stereocenters. The molecule has 0 radical (unpaired) electrons. The van der Waals surface area contributed by atoms with Gasteiger partial charge in [0.05, 0.1) is 0 Å². The predicted molar refractivity (Wildman–Crippen MR) is 68.9 cm³/mol. The van der Waals surface area contributed by atoms with Crippen LogP contribution in [-0.4, -0.2) is 28.5 Å². The van der Waals surface area contributed by atoms with Crippen molar-refractivity contribution < 1.29 is 15.0 Å². The van der Waals surface area contributed by atoms with Crippen molar-refractivity contribution in [3.8, 4) is 0 Å². The second kappa shape index (κ2) is 7.49. The number of thioether (sulfide) groups is 1. The second-order valence-electron chi connectivity index (χ2n) is 3.15. The average Bonchev–Trinajstić information content (AvgIpc) is 2.70. The lowest BCUT2D eigenvalue weighted by atomic mass is 10.3. The van der Waals surface area contributed by atoms with E-state index in [0.717, 1.165) is 29.6 Å². The Bertz CT molecular complexity index is 358. The van der Waals surface area contributed by atoms with Crippen LogP contribution in [0.3, 0.4) is 0 Å². The van der Waals surface area contributed by atoms with Crippen LogP contribution in [0.2, 0.25) is 0 Å². The Hall–Kier alpha value is -0.780. The molecule has 2 N–H and O–H groups in total. The summed E-state index contributed by atoms with van der Waals surface area (Å²) in [4.78, 5) is 11.5. The minimum atomic E-state index is -0.926. The van der Waals surface area contributed by atoms with E-state index in [1.54, 1.807) is 29.2 Å². The number of carboxylic acid groups (broad SMARTS) is 1. The number of hydrogen-bond donors (Lipinski definition) is 2. The Morgan fingerprint density at radius 2 is 2.38 bits per heavy atom. The van der Waals surface area contributed by atoms with Crippen molar-refractivity contribution in [1.29, 1.82) is 0 Å². The molecule has 1 aromatic rings. The third kappa shape index (κ3) is 5.34. The molecule has 0 saturated carbocycles. The van der Waals surface area contributed by atoms with Crippen molar-refractivity contribution in [2.75, 3.05) is 12.4 Å². The largest absolute Gasteiger partial charge is 0.478 e. The maximum absolute atomic E-state index is 10.3. The van der Waals surface area contributed by atoms with Gasteiger partial charge in [-0.2, -0.15) is 11.8 Å². The van der Waals surface area contributed by atoms with Crippen LogP contribution in [0, 0.1) is 0 Å². The fourth-order valence-corrected chi connectivity index (χ4v) is 2.99. The molecule has 1 rings (SSSR count). The van der Waals surface area contributed by atoms with E-state index in [0.29, 0.717) is 0 Å². The Labute approximate surface area is 103 Å². The van der Waals surface area contributed by atoms with Crippen molar-refractivity contribution in [1.82, 2.24) is 0 Å². The van der Waals surface area contributed by atoms with Crippen molar-refractivity contribution in [2.45, 2.75) is 12.2 Å². The van der Waals surface area contributed by atoms with E-state index >= 15 is 0 Å². The first-order valence-corrected chi connectivity index (χ1v) is 6.93. The molecule has 1 heterocycles. The topological polar surface area (TPSA) is 57.5 Å². The van der Waals surface area contributed by atoms with Crippen molar-refractivity contribution in [3.05, 3.63) is 28.0 Å². The number of aliphatic hydroxyl groups is 1. The van der Waals surface area contributed by atoms with Gasteiger partial charge in [0.2, 0.25) is 0 Å². The van der Waals surface area contributed by atoms with Crippen molar-refractivity contribution in [3.63, 3.8) is 0 Å². The molecule has 0 atom stereocenters. The van der Waals surface area contributed by atoms with E-state index in [9.17, 15) is 4.79 Å². The summed E-state index contributed by atoms with van der Waals surface area (Å²) in [5, 5.41) is 19.0. The summed E-state index contributed by atoms with van der Waals surface area (Å²) in [5.41, 5.74) is 0.935. The number of rotatable bonds is 7. The van der Waals surface area contributed by atoms with Crippen LogP contribution < -0.4 is 0 Å². The van der Waals surface area contributed by atoms with Gasteiger partial charge in [-0.3, -0.25) is 0 Å². The van der Waals surface area contributed by atoms with E-state index < -0.39 is 5.97 Å². The van der Waals surface area contributed by atoms with Gasteiger partial charge in [0, 0.05) is 23.3 Å². The summed E-state index contributed by atoms with van der Waals surface area (Å²) in [7, 11) is 0. The summed E-state index contributed by atoms with van der Waals surface area (Å²) < 4.78 is 0. The third-order valence-corrected chi connectivity index (χ3v) is 4.01. The molecule has 3 nitrogen and oxygen atoms in total. The van der Waals surface area contributed by atoms with E-state index in [2.05, 4.69) is 0 Å². The molecular weight excluding hydrogens is 244 g/mol. The Morgan fingerprint density at radius 1 is 1.56 bits per heavy atom. The quantitative estimate of drug-likeness (QED) is 0.582. The highest BCUT2D eigenvalue weighted by Gasteiger charge is 1.98. The minimum absolute atomic E-state index is 0.240. The first kappa shape index (κ1) is 13.3. The van der Waals surface area contributed by atoms with Gasteiger partial charge in [-0.05, 0) is 35.3 Å². The van der Waals surface area contributed by atoms with Gasteiger partial charge < -0.3 is 10.2 Å². The molecule has 0 aliphatic heterocycles. The van der Waals surface area contributed by atoms with Crippen LogP contribution in [0.4, 0.5) is 0 Å². The fourth-order valence-electron chi connectivity index (χ4n) is 1.07. The molecule has 0 aromatic carbocycles. The minimum Gasteiger partial charge on any atom is -0.478 e. The van der Waals surface area contributed by atoms with Gasteiger partial charge in [0.25, 0.3) is 0 Å². The Morgan fingerprint density at radius 3 is 3.06 bits per heavy atom. The van der Waals surface area contributed by atoms with Gasteiger partial charge in [0.15, 0.2) is 0 Å². The van der Waals surface area contributed by atoms with E-state index in [1.807, 2.05) is 11.4 Å². The number of hydrogen-bond acceptors (Lipinski definition) is 4. The van der Waals surface area contributed by atoms with Crippen LogP contribution in [0.5, 0.6) is 0 Å². The highest BCUT2D eigenvalue weighted by molar-refractivity contribution is 7.98. The summed E-state index contributed by atoms with van der Waals surface area (Å²) in [6.45, 7) is 0.240. The zero-order valence-electron chi connectivity index (χ0n) is 8.76.